The van der Waals surface area contributed by atoms with Crippen LogP contribution in [-0.4, -0.2) is 10.1 Å². The highest BCUT2D eigenvalue weighted by molar-refractivity contribution is 7.97. The Bertz CT molecular complexity index is 1080. The molecule has 5 heteroatoms. The van der Waals surface area contributed by atoms with Crippen LogP contribution in [0.5, 0.6) is 5.75 Å². The molecule has 0 radical (unpaired) electrons. The van der Waals surface area contributed by atoms with Gasteiger partial charge in [0.05, 0.1) is 16.3 Å². The Hall–Kier alpha value is -2.34. The van der Waals surface area contributed by atoms with E-state index in [4.69, 9.17) is 4.98 Å². The minimum atomic E-state index is 0.0802. The largest absolute Gasteiger partial charge is 0.508 e. The van der Waals surface area contributed by atoms with Crippen molar-refractivity contribution in [1.82, 2.24) is 9.71 Å². The highest BCUT2D eigenvalue weighted by Crippen LogP contribution is 2.32. The number of thiazole rings is 1. The maximum absolute atomic E-state index is 9.81. The molecule has 0 spiro atoms. The molecule has 4 rings (SSSR count). The first-order valence-corrected chi connectivity index (χ1v) is 11.5. The van der Waals surface area contributed by atoms with Gasteiger partial charge in [-0.3, -0.25) is 0 Å². The van der Waals surface area contributed by atoms with Crippen LogP contribution in [0.2, 0.25) is 0 Å². The molecule has 29 heavy (non-hydrogen) atoms. The molecule has 0 saturated carbocycles. The van der Waals surface area contributed by atoms with E-state index < -0.39 is 0 Å². The zero-order chi connectivity index (χ0) is 20.1. The third-order valence-corrected chi connectivity index (χ3v) is 6.76. The summed E-state index contributed by atoms with van der Waals surface area (Å²) in [6.45, 7) is 2.21. The number of nitrogens with zero attached hydrogens (tertiary/aromatic N) is 1. The van der Waals surface area contributed by atoms with Gasteiger partial charge in [0.25, 0.3) is 0 Å². The lowest BCUT2D eigenvalue weighted by Gasteiger charge is -2.16. The quantitative estimate of drug-likeness (QED) is 0.318. The van der Waals surface area contributed by atoms with Crippen molar-refractivity contribution < 1.29 is 5.11 Å². The molecule has 1 atom stereocenters. The minimum absolute atomic E-state index is 0.0802. The number of aromatic hydroxyl groups is 1. The zero-order valence-corrected chi connectivity index (χ0v) is 18.0. The lowest BCUT2D eigenvalue weighted by molar-refractivity contribution is 0.476. The van der Waals surface area contributed by atoms with Gasteiger partial charge < -0.3 is 5.11 Å². The average Bonchev–Trinajstić information content (AvgIpc) is 3.15. The van der Waals surface area contributed by atoms with E-state index >= 15 is 0 Å². The number of fused-ring (bicyclic) bond motifs is 1. The highest BCUT2D eigenvalue weighted by Gasteiger charge is 2.18. The predicted molar refractivity (Wildman–Crippen MR) is 124 cm³/mol. The van der Waals surface area contributed by atoms with Crippen LogP contribution >= 0.6 is 23.3 Å². The third kappa shape index (κ3) is 5.18. The Morgan fingerprint density at radius 1 is 1.00 bits per heavy atom. The standard InChI is InChI=1S/C24H24N2OS2/c1-2-7-17-8-6-9-18(14-17)15-22(26-29-20-10-4-3-5-11-20)24-25-21-13-12-19(27)16-23(21)28-24/h3-6,8-14,16,22,26-27H,2,7,15H2,1H3. The smallest absolute Gasteiger partial charge is 0.117 e. The number of phenols is 1. The van der Waals surface area contributed by atoms with Gasteiger partial charge in [0.15, 0.2) is 0 Å². The Labute approximate surface area is 180 Å². The molecule has 1 unspecified atom stereocenters. The topological polar surface area (TPSA) is 45.2 Å². The molecule has 0 fully saturated rings. The van der Waals surface area contributed by atoms with Crippen LogP contribution in [0.4, 0.5) is 0 Å². The maximum Gasteiger partial charge on any atom is 0.117 e. The zero-order valence-electron chi connectivity index (χ0n) is 16.3. The van der Waals surface area contributed by atoms with Crippen LogP contribution in [0.1, 0.15) is 35.5 Å². The predicted octanol–water partition coefficient (Wildman–Crippen LogP) is 6.54. The van der Waals surface area contributed by atoms with Gasteiger partial charge in [-0.2, -0.15) is 0 Å². The van der Waals surface area contributed by atoms with Gasteiger partial charge in [-0.15, -0.1) is 11.3 Å². The molecule has 0 amide bonds. The highest BCUT2D eigenvalue weighted by atomic mass is 32.2. The number of aromatic nitrogens is 1. The first-order chi connectivity index (χ1) is 14.2. The number of hydrogen-bond donors (Lipinski definition) is 2. The summed E-state index contributed by atoms with van der Waals surface area (Å²) in [5.74, 6) is 0.281. The summed E-state index contributed by atoms with van der Waals surface area (Å²) in [7, 11) is 0. The summed E-state index contributed by atoms with van der Waals surface area (Å²) >= 11 is 3.28. The van der Waals surface area contributed by atoms with Gasteiger partial charge in [0.2, 0.25) is 0 Å². The molecule has 3 aromatic carbocycles. The Morgan fingerprint density at radius 2 is 1.83 bits per heavy atom. The number of rotatable bonds is 8. The van der Waals surface area contributed by atoms with Crippen molar-refractivity contribution >= 4 is 33.5 Å². The maximum atomic E-state index is 9.81. The van der Waals surface area contributed by atoms with Crippen molar-refractivity contribution in [2.45, 2.75) is 37.1 Å². The van der Waals surface area contributed by atoms with Crippen LogP contribution in [-0.2, 0) is 12.8 Å². The molecule has 0 saturated heterocycles. The number of hydrogen-bond acceptors (Lipinski definition) is 5. The SMILES string of the molecule is CCCc1cccc(CC(NSc2ccccc2)c2nc3ccc(O)cc3s2)c1. The molecule has 0 aliphatic heterocycles. The van der Waals surface area contributed by atoms with Gasteiger partial charge in [-0.1, -0.05) is 55.8 Å². The van der Waals surface area contributed by atoms with E-state index in [1.54, 1.807) is 35.4 Å². The van der Waals surface area contributed by atoms with Crippen molar-refractivity contribution in [3.63, 3.8) is 0 Å². The van der Waals surface area contributed by atoms with E-state index in [9.17, 15) is 5.11 Å². The summed E-state index contributed by atoms with van der Waals surface area (Å²) in [6, 6.07) is 24.6. The summed E-state index contributed by atoms with van der Waals surface area (Å²) in [5.41, 5.74) is 3.62. The second-order valence-electron chi connectivity index (χ2n) is 7.06. The van der Waals surface area contributed by atoms with E-state index in [2.05, 4.69) is 48.0 Å². The van der Waals surface area contributed by atoms with Gasteiger partial charge >= 0.3 is 0 Å². The fraction of sp³-hybridized carbons (Fsp3) is 0.208. The van der Waals surface area contributed by atoms with Gasteiger partial charge in [0.1, 0.15) is 10.8 Å². The Morgan fingerprint density at radius 3 is 2.66 bits per heavy atom. The van der Waals surface area contributed by atoms with Crippen molar-refractivity contribution in [1.29, 1.82) is 0 Å². The number of aryl methyl sites for hydroxylation is 1. The molecule has 2 N–H and O–H groups in total. The molecular formula is C24H24N2OS2. The number of phenolic OH excluding ortho intramolecular Hbond substituents is 1. The van der Waals surface area contributed by atoms with Crippen molar-refractivity contribution in [3.05, 3.63) is 88.9 Å². The molecule has 0 bridgehead atoms. The Balaban J connectivity index is 1.61. The van der Waals surface area contributed by atoms with Crippen molar-refractivity contribution in [3.8, 4) is 5.75 Å². The Kier molecular flexibility index (Phi) is 6.49. The fourth-order valence-corrected chi connectivity index (χ4v) is 5.22. The third-order valence-electron chi connectivity index (χ3n) is 4.72. The van der Waals surface area contributed by atoms with E-state index in [0.29, 0.717) is 0 Å². The van der Waals surface area contributed by atoms with Crippen LogP contribution in [0, 0.1) is 0 Å². The summed E-state index contributed by atoms with van der Waals surface area (Å²) in [4.78, 5) is 6.03. The van der Waals surface area contributed by atoms with E-state index in [1.165, 1.54) is 16.0 Å². The first-order valence-electron chi connectivity index (χ1n) is 9.86. The lowest BCUT2D eigenvalue weighted by Crippen LogP contribution is -2.17. The minimum Gasteiger partial charge on any atom is -0.508 e. The monoisotopic (exact) mass is 420 g/mol. The van der Waals surface area contributed by atoms with Crippen LogP contribution < -0.4 is 4.72 Å². The summed E-state index contributed by atoms with van der Waals surface area (Å²) in [5, 5.41) is 10.8. The van der Waals surface area contributed by atoms with Crippen LogP contribution in [0.15, 0.2) is 77.7 Å². The van der Waals surface area contributed by atoms with Crippen LogP contribution in [0.25, 0.3) is 10.2 Å². The van der Waals surface area contributed by atoms with Crippen molar-refractivity contribution in [2.75, 3.05) is 0 Å². The van der Waals surface area contributed by atoms with Gasteiger partial charge in [0, 0.05) is 4.90 Å². The van der Waals surface area contributed by atoms with Gasteiger partial charge in [-0.05, 0) is 66.2 Å². The summed E-state index contributed by atoms with van der Waals surface area (Å²) < 4.78 is 4.64. The summed E-state index contributed by atoms with van der Waals surface area (Å²) in [6.07, 6.45) is 3.12. The molecule has 1 heterocycles. The van der Waals surface area contributed by atoms with Crippen molar-refractivity contribution in [2.24, 2.45) is 0 Å². The number of benzene rings is 3. The number of nitrogens with one attached hydrogen (secondary N) is 1. The molecule has 3 nitrogen and oxygen atoms in total. The molecule has 4 aromatic rings. The van der Waals surface area contributed by atoms with E-state index in [-0.39, 0.29) is 11.8 Å². The average molecular weight is 421 g/mol. The molecule has 1 aromatic heterocycles. The molecule has 0 aliphatic carbocycles. The second-order valence-corrected chi connectivity index (χ2v) is 9.04. The molecule has 0 aliphatic rings. The normalized spacial score (nSPS) is 12.3. The molecule has 148 valence electrons. The fourth-order valence-electron chi connectivity index (χ4n) is 3.32. The second kappa shape index (κ2) is 9.44. The van der Waals surface area contributed by atoms with Gasteiger partial charge in [-0.25, -0.2) is 9.71 Å². The van der Waals surface area contributed by atoms with Crippen LogP contribution in [0.3, 0.4) is 0 Å². The molecular weight excluding hydrogens is 396 g/mol. The van der Waals surface area contributed by atoms with E-state index in [0.717, 1.165) is 34.5 Å². The lowest BCUT2D eigenvalue weighted by atomic mass is 10.0. The first kappa shape index (κ1) is 20.0. The van der Waals surface area contributed by atoms with E-state index in [1.807, 2.05) is 24.3 Å².